The topological polar surface area (TPSA) is 69.7 Å². The summed E-state index contributed by atoms with van der Waals surface area (Å²) in [4.78, 5) is 39.0. The van der Waals surface area contributed by atoms with Crippen LogP contribution in [0, 0.1) is 0 Å². The van der Waals surface area contributed by atoms with Crippen molar-refractivity contribution in [2.75, 3.05) is 14.2 Å². The van der Waals surface area contributed by atoms with Gasteiger partial charge in [-0.05, 0) is 25.0 Å². The lowest BCUT2D eigenvalue weighted by Gasteiger charge is -2.35. The monoisotopic (exact) mass is 354 g/mol. The zero-order valence-electron chi connectivity index (χ0n) is 15.3. The molecule has 2 unspecified atom stereocenters. The van der Waals surface area contributed by atoms with Crippen molar-refractivity contribution in [2.45, 2.75) is 24.7 Å². The molecular weight excluding hydrogens is 332 g/mol. The molecule has 0 fully saturated rings. The first-order valence-corrected chi connectivity index (χ1v) is 8.16. The molecule has 136 valence electrons. The minimum atomic E-state index is -1.67. The van der Waals surface area contributed by atoms with E-state index in [9.17, 15) is 14.4 Å². The van der Waals surface area contributed by atoms with E-state index in [1.165, 1.54) is 28.1 Å². The third-order valence-electron chi connectivity index (χ3n) is 4.80. The van der Waals surface area contributed by atoms with E-state index < -0.39 is 28.6 Å². The van der Waals surface area contributed by atoms with E-state index >= 15 is 0 Å². The SMILES string of the molecule is COC(=O)C(C)(C(=O)C(C)(C(=O)OC)c1ccccc1)c1ccccc1. The Bertz CT molecular complexity index is 732. The number of ether oxygens (including phenoxy) is 2. The standard InChI is InChI=1S/C21H22O5/c1-20(18(23)25-3,15-11-7-5-8-12-15)17(22)21(2,19(24)26-4)16-13-9-6-10-14-16/h5-14H,1-4H3. The molecule has 0 spiro atoms. The zero-order valence-corrected chi connectivity index (χ0v) is 15.3. The van der Waals surface area contributed by atoms with Gasteiger partial charge in [0, 0.05) is 0 Å². The molecule has 26 heavy (non-hydrogen) atoms. The number of Topliss-reactive ketones (excluding diaryl/α,β-unsaturated/α-hetero) is 1. The number of carbonyl (C=O) groups excluding carboxylic acids is 3. The Labute approximate surface area is 152 Å². The summed E-state index contributed by atoms with van der Waals surface area (Å²) >= 11 is 0. The number of rotatable bonds is 6. The Morgan fingerprint density at radius 3 is 1.23 bits per heavy atom. The van der Waals surface area contributed by atoms with Gasteiger partial charge in [0.1, 0.15) is 10.8 Å². The lowest BCUT2D eigenvalue weighted by atomic mass is 9.65. The van der Waals surface area contributed by atoms with Crippen molar-refractivity contribution in [3.63, 3.8) is 0 Å². The highest BCUT2D eigenvalue weighted by Gasteiger charge is 2.56. The smallest absolute Gasteiger partial charge is 0.323 e. The van der Waals surface area contributed by atoms with Gasteiger partial charge in [-0.3, -0.25) is 14.4 Å². The summed E-state index contributed by atoms with van der Waals surface area (Å²) in [6.45, 7) is 2.95. The third kappa shape index (κ3) is 3.01. The van der Waals surface area contributed by atoms with E-state index in [0.29, 0.717) is 11.1 Å². The first-order valence-electron chi connectivity index (χ1n) is 8.16. The maximum atomic E-state index is 13.7. The van der Waals surface area contributed by atoms with Crippen LogP contribution in [-0.4, -0.2) is 31.9 Å². The Hall–Kier alpha value is -2.95. The molecule has 2 aromatic carbocycles. The Morgan fingerprint density at radius 2 is 0.962 bits per heavy atom. The molecule has 0 saturated heterocycles. The van der Waals surface area contributed by atoms with Crippen LogP contribution in [0.1, 0.15) is 25.0 Å². The first kappa shape index (κ1) is 19.4. The van der Waals surface area contributed by atoms with Gasteiger partial charge in [-0.25, -0.2) is 0 Å². The van der Waals surface area contributed by atoms with Gasteiger partial charge in [0.2, 0.25) is 0 Å². The molecular formula is C21H22O5. The van der Waals surface area contributed by atoms with Gasteiger partial charge in [-0.2, -0.15) is 0 Å². The van der Waals surface area contributed by atoms with Gasteiger partial charge >= 0.3 is 11.9 Å². The van der Waals surface area contributed by atoms with Crippen LogP contribution in [0.15, 0.2) is 60.7 Å². The molecule has 0 N–H and O–H groups in total. The van der Waals surface area contributed by atoms with Crippen molar-refractivity contribution in [1.29, 1.82) is 0 Å². The van der Waals surface area contributed by atoms with Crippen LogP contribution in [0.25, 0.3) is 0 Å². The second kappa shape index (κ2) is 7.52. The van der Waals surface area contributed by atoms with E-state index in [1.54, 1.807) is 60.7 Å². The lowest BCUT2D eigenvalue weighted by Crippen LogP contribution is -2.54. The van der Waals surface area contributed by atoms with Crippen LogP contribution in [0.4, 0.5) is 0 Å². The van der Waals surface area contributed by atoms with Crippen LogP contribution >= 0.6 is 0 Å². The number of methoxy groups -OCH3 is 2. The van der Waals surface area contributed by atoms with Crippen molar-refractivity contribution in [1.82, 2.24) is 0 Å². The summed E-state index contributed by atoms with van der Waals surface area (Å²) in [5.41, 5.74) is -2.45. The largest absolute Gasteiger partial charge is 0.468 e. The van der Waals surface area contributed by atoms with E-state index in [0.717, 1.165) is 0 Å². The molecule has 2 rings (SSSR count). The highest BCUT2D eigenvalue weighted by atomic mass is 16.5. The highest BCUT2D eigenvalue weighted by Crippen LogP contribution is 2.38. The van der Waals surface area contributed by atoms with Crippen LogP contribution in [0.2, 0.25) is 0 Å². The average molecular weight is 354 g/mol. The Kier molecular flexibility index (Phi) is 5.60. The van der Waals surface area contributed by atoms with E-state index in [2.05, 4.69) is 0 Å². The molecule has 0 aromatic heterocycles. The van der Waals surface area contributed by atoms with Crippen molar-refractivity contribution in [3.8, 4) is 0 Å². The normalized spacial score (nSPS) is 15.2. The van der Waals surface area contributed by atoms with Crippen molar-refractivity contribution < 1.29 is 23.9 Å². The van der Waals surface area contributed by atoms with Crippen LogP contribution in [0.5, 0.6) is 0 Å². The van der Waals surface area contributed by atoms with Gasteiger partial charge in [-0.15, -0.1) is 0 Å². The van der Waals surface area contributed by atoms with Crippen molar-refractivity contribution >= 4 is 17.7 Å². The molecule has 0 heterocycles. The van der Waals surface area contributed by atoms with E-state index in [-0.39, 0.29) is 0 Å². The number of benzene rings is 2. The van der Waals surface area contributed by atoms with Crippen LogP contribution in [0.3, 0.4) is 0 Å². The fourth-order valence-electron chi connectivity index (χ4n) is 3.13. The molecule has 0 radical (unpaired) electrons. The Morgan fingerprint density at radius 1 is 0.654 bits per heavy atom. The van der Waals surface area contributed by atoms with Gasteiger partial charge in [0.15, 0.2) is 5.78 Å². The summed E-state index contributed by atoms with van der Waals surface area (Å²) < 4.78 is 9.85. The summed E-state index contributed by atoms with van der Waals surface area (Å²) in [6, 6.07) is 17.1. The number of carbonyl (C=O) groups is 3. The van der Waals surface area contributed by atoms with Crippen molar-refractivity contribution in [3.05, 3.63) is 71.8 Å². The molecule has 0 aliphatic heterocycles. The van der Waals surface area contributed by atoms with Gasteiger partial charge in [0.05, 0.1) is 14.2 Å². The molecule has 2 aromatic rings. The minimum absolute atomic E-state index is 0.447. The predicted molar refractivity (Wildman–Crippen MR) is 96.6 cm³/mol. The van der Waals surface area contributed by atoms with E-state index in [1.807, 2.05) is 0 Å². The predicted octanol–water partition coefficient (Wildman–Crippen LogP) is 2.82. The Balaban J connectivity index is 2.72. The number of hydrogen-bond acceptors (Lipinski definition) is 5. The maximum absolute atomic E-state index is 13.7. The molecule has 0 amide bonds. The lowest BCUT2D eigenvalue weighted by molar-refractivity contribution is -0.158. The summed E-state index contributed by atoms with van der Waals surface area (Å²) in [7, 11) is 2.43. The quantitative estimate of drug-likeness (QED) is 0.589. The molecule has 2 atom stereocenters. The number of esters is 2. The molecule has 0 bridgehead atoms. The second-order valence-electron chi connectivity index (χ2n) is 6.29. The fourth-order valence-corrected chi connectivity index (χ4v) is 3.13. The van der Waals surface area contributed by atoms with Crippen LogP contribution in [-0.2, 0) is 34.7 Å². The molecule has 5 heteroatoms. The third-order valence-corrected chi connectivity index (χ3v) is 4.80. The summed E-state index contributed by atoms with van der Waals surface area (Å²) in [5.74, 6) is -2.08. The number of ketones is 1. The van der Waals surface area contributed by atoms with Crippen LogP contribution < -0.4 is 0 Å². The maximum Gasteiger partial charge on any atom is 0.323 e. The average Bonchev–Trinajstić information content (AvgIpc) is 2.71. The summed E-state index contributed by atoms with van der Waals surface area (Å²) in [5, 5.41) is 0. The first-order chi connectivity index (χ1) is 12.3. The molecule has 5 nitrogen and oxygen atoms in total. The molecule has 0 aliphatic carbocycles. The number of hydrogen-bond donors (Lipinski definition) is 0. The van der Waals surface area contributed by atoms with Gasteiger partial charge in [-0.1, -0.05) is 60.7 Å². The molecule has 0 saturated carbocycles. The minimum Gasteiger partial charge on any atom is -0.468 e. The zero-order chi connectivity index (χ0) is 19.4. The van der Waals surface area contributed by atoms with Crippen molar-refractivity contribution in [2.24, 2.45) is 0 Å². The van der Waals surface area contributed by atoms with Gasteiger partial charge < -0.3 is 9.47 Å². The highest BCUT2D eigenvalue weighted by molar-refractivity contribution is 6.21. The summed E-state index contributed by atoms with van der Waals surface area (Å²) in [6.07, 6.45) is 0. The van der Waals surface area contributed by atoms with E-state index in [4.69, 9.17) is 9.47 Å². The van der Waals surface area contributed by atoms with Gasteiger partial charge in [0.25, 0.3) is 0 Å². The second-order valence-corrected chi connectivity index (χ2v) is 6.29. The fraction of sp³-hybridized carbons (Fsp3) is 0.286. The molecule has 0 aliphatic rings.